The molecule has 6 nitrogen and oxygen atoms in total. The van der Waals surface area contributed by atoms with Gasteiger partial charge in [-0.3, -0.25) is 4.79 Å². The number of aliphatic hydroxyl groups is 2. The Morgan fingerprint density at radius 1 is 1.42 bits per heavy atom. The first-order valence-corrected chi connectivity index (χ1v) is 3.43. The monoisotopic (exact) mass is 174 g/mol. The summed E-state index contributed by atoms with van der Waals surface area (Å²) in [4.78, 5) is 24.0. The molecule has 1 heterocycles. The van der Waals surface area contributed by atoms with Crippen LogP contribution in [0.1, 0.15) is 0 Å². The Bertz CT molecular complexity index is 218. The highest BCUT2D eigenvalue weighted by atomic mass is 16.3. The molecule has 12 heavy (non-hydrogen) atoms. The molecule has 1 unspecified atom stereocenters. The summed E-state index contributed by atoms with van der Waals surface area (Å²) in [6.45, 7) is -1.06. The van der Waals surface area contributed by atoms with Crippen LogP contribution in [0.25, 0.3) is 0 Å². The first kappa shape index (κ1) is 8.95. The van der Waals surface area contributed by atoms with Gasteiger partial charge in [0.15, 0.2) is 0 Å². The van der Waals surface area contributed by atoms with E-state index >= 15 is 0 Å². The first-order chi connectivity index (χ1) is 5.63. The van der Waals surface area contributed by atoms with Crippen molar-refractivity contribution in [1.29, 1.82) is 0 Å². The smallest absolute Gasteiger partial charge is 0.329 e. The van der Waals surface area contributed by atoms with Crippen LogP contribution >= 0.6 is 0 Å². The van der Waals surface area contributed by atoms with Crippen LogP contribution < -0.4 is 0 Å². The van der Waals surface area contributed by atoms with Crippen LogP contribution in [0.3, 0.4) is 0 Å². The Morgan fingerprint density at radius 2 is 2.00 bits per heavy atom. The number of carbonyl (C=O) groups is 2. The van der Waals surface area contributed by atoms with Crippen molar-refractivity contribution in [2.75, 3.05) is 20.4 Å². The summed E-state index contributed by atoms with van der Waals surface area (Å²) in [5.41, 5.74) is 0. The standard InChI is InChI=1S/C6H10N2O4/c1-7-4(2-9)5(11)8(3-10)6(7)12/h4,9-10H,2-3H2,1H3. The highest BCUT2D eigenvalue weighted by molar-refractivity contribution is 6.03. The van der Waals surface area contributed by atoms with Gasteiger partial charge < -0.3 is 15.1 Å². The summed E-state index contributed by atoms with van der Waals surface area (Å²) in [7, 11) is 1.40. The van der Waals surface area contributed by atoms with Gasteiger partial charge in [0, 0.05) is 7.05 Å². The van der Waals surface area contributed by atoms with Gasteiger partial charge in [0.2, 0.25) is 0 Å². The van der Waals surface area contributed by atoms with E-state index < -0.39 is 31.3 Å². The van der Waals surface area contributed by atoms with Crippen LogP contribution in [0.4, 0.5) is 4.79 Å². The number of rotatable bonds is 2. The molecule has 68 valence electrons. The van der Waals surface area contributed by atoms with Crippen molar-refractivity contribution in [3.8, 4) is 0 Å². The van der Waals surface area contributed by atoms with Gasteiger partial charge in [0.1, 0.15) is 12.8 Å². The fourth-order valence-electron chi connectivity index (χ4n) is 1.09. The first-order valence-electron chi connectivity index (χ1n) is 3.43. The molecule has 0 aromatic rings. The van der Waals surface area contributed by atoms with Crippen LogP contribution in [0.2, 0.25) is 0 Å². The second-order valence-corrected chi connectivity index (χ2v) is 2.50. The Balaban J connectivity index is 2.85. The summed E-state index contributed by atoms with van der Waals surface area (Å²) in [5, 5.41) is 17.3. The number of aliphatic hydroxyl groups excluding tert-OH is 2. The van der Waals surface area contributed by atoms with Gasteiger partial charge in [-0.15, -0.1) is 0 Å². The molecule has 1 aliphatic rings. The molecule has 6 heteroatoms. The second-order valence-electron chi connectivity index (χ2n) is 2.50. The van der Waals surface area contributed by atoms with Gasteiger partial charge in [-0.05, 0) is 0 Å². The van der Waals surface area contributed by atoms with E-state index in [-0.39, 0.29) is 0 Å². The number of nitrogens with zero attached hydrogens (tertiary/aromatic N) is 2. The molecule has 2 N–H and O–H groups in total. The minimum absolute atomic E-state index is 0.419. The maximum Gasteiger partial charge on any atom is 0.329 e. The maximum absolute atomic E-state index is 11.1. The quantitative estimate of drug-likeness (QED) is 0.483. The van der Waals surface area contributed by atoms with Gasteiger partial charge >= 0.3 is 6.03 Å². The number of likely N-dealkylation sites (N-methyl/N-ethyl adjacent to an activating group) is 1. The van der Waals surface area contributed by atoms with Crippen LogP contribution in [0.15, 0.2) is 0 Å². The summed E-state index contributed by atoms with van der Waals surface area (Å²) in [5.74, 6) is -0.562. The normalized spacial score (nSPS) is 24.1. The molecular formula is C6H10N2O4. The highest BCUT2D eigenvalue weighted by Crippen LogP contribution is 2.13. The Hall–Kier alpha value is -1.14. The summed E-state index contributed by atoms with van der Waals surface area (Å²) < 4.78 is 0. The lowest BCUT2D eigenvalue weighted by Crippen LogP contribution is -2.34. The average molecular weight is 174 g/mol. The van der Waals surface area contributed by atoms with E-state index in [9.17, 15) is 9.59 Å². The molecule has 0 radical (unpaired) electrons. The third-order valence-electron chi connectivity index (χ3n) is 1.87. The molecule has 1 rings (SSSR count). The Morgan fingerprint density at radius 3 is 2.25 bits per heavy atom. The minimum atomic E-state index is -0.843. The zero-order valence-electron chi connectivity index (χ0n) is 6.60. The van der Waals surface area contributed by atoms with Crippen LogP contribution in [0.5, 0.6) is 0 Å². The zero-order chi connectivity index (χ0) is 9.30. The van der Waals surface area contributed by atoms with Crippen molar-refractivity contribution in [2.24, 2.45) is 0 Å². The van der Waals surface area contributed by atoms with Crippen LogP contribution in [-0.2, 0) is 4.79 Å². The third-order valence-corrected chi connectivity index (χ3v) is 1.87. The van der Waals surface area contributed by atoms with Crippen molar-refractivity contribution < 1.29 is 19.8 Å². The molecule has 3 amide bonds. The second kappa shape index (κ2) is 3.08. The van der Waals surface area contributed by atoms with E-state index in [1.165, 1.54) is 7.05 Å². The van der Waals surface area contributed by atoms with E-state index in [0.29, 0.717) is 4.90 Å². The largest absolute Gasteiger partial charge is 0.394 e. The lowest BCUT2D eigenvalue weighted by molar-refractivity contribution is -0.131. The van der Waals surface area contributed by atoms with Crippen molar-refractivity contribution in [3.63, 3.8) is 0 Å². The van der Waals surface area contributed by atoms with E-state index in [4.69, 9.17) is 10.2 Å². The number of amides is 3. The molecule has 0 aromatic carbocycles. The fourth-order valence-corrected chi connectivity index (χ4v) is 1.09. The molecule has 0 aliphatic carbocycles. The molecule has 0 spiro atoms. The summed E-state index contributed by atoms with van der Waals surface area (Å²) >= 11 is 0. The molecule has 0 saturated carbocycles. The molecule has 1 aliphatic heterocycles. The SMILES string of the molecule is CN1C(=O)N(CO)C(=O)C1CO. The predicted molar refractivity (Wildman–Crippen MR) is 38.0 cm³/mol. The van der Waals surface area contributed by atoms with E-state index in [1.54, 1.807) is 0 Å². The number of carbonyl (C=O) groups excluding carboxylic acids is 2. The van der Waals surface area contributed by atoms with E-state index in [2.05, 4.69) is 0 Å². The maximum atomic E-state index is 11.1. The highest BCUT2D eigenvalue weighted by Gasteiger charge is 2.41. The van der Waals surface area contributed by atoms with Gasteiger partial charge in [0.05, 0.1) is 6.61 Å². The molecule has 0 bridgehead atoms. The molecule has 1 fully saturated rings. The van der Waals surface area contributed by atoms with Crippen LogP contribution in [-0.4, -0.2) is 58.4 Å². The number of hydrogen-bond donors (Lipinski definition) is 2. The Labute approximate surface area is 69.0 Å². The lowest BCUT2D eigenvalue weighted by atomic mass is 10.3. The summed E-state index contributed by atoms with van der Waals surface area (Å²) in [6, 6.07) is -1.42. The molecule has 1 saturated heterocycles. The van der Waals surface area contributed by atoms with Crippen molar-refractivity contribution >= 4 is 11.9 Å². The van der Waals surface area contributed by atoms with Gasteiger partial charge in [-0.25, -0.2) is 9.69 Å². The van der Waals surface area contributed by atoms with Crippen LogP contribution in [0, 0.1) is 0 Å². The van der Waals surface area contributed by atoms with E-state index in [0.717, 1.165) is 4.90 Å². The predicted octanol–water partition coefficient (Wildman–Crippen LogP) is -1.81. The van der Waals surface area contributed by atoms with Crippen molar-refractivity contribution in [2.45, 2.75) is 6.04 Å². The molecule has 0 aromatic heterocycles. The van der Waals surface area contributed by atoms with Gasteiger partial charge in [-0.2, -0.15) is 0 Å². The summed E-state index contributed by atoms with van der Waals surface area (Å²) in [6.07, 6.45) is 0. The molecular weight excluding hydrogens is 164 g/mol. The minimum Gasteiger partial charge on any atom is -0.394 e. The number of imide groups is 1. The Kier molecular flexibility index (Phi) is 2.30. The molecule has 1 atom stereocenters. The van der Waals surface area contributed by atoms with Crippen molar-refractivity contribution in [3.05, 3.63) is 0 Å². The number of urea groups is 1. The topological polar surface area (TPSA) is 81.1 Å². The van der Waals surface area contributed by atoms with Gasteiger partial charge in [-0.1, -0.05) is 0 Å². The fraction of sp³-hybridized carbons (Fsp3) is 0.667. The number of hydrogen-bond acceptors (Lipinski definition) is 4. The average Bonchev–Trinajstić information content (AvgIpc) is 2.25. The van der Waals surface area contributed by atoms with E-state index in [1.807, 2.05) is 0 Å². The lowest BCUT2D eigenvalue weighted by Gasteiger charge is -2.12. The van der Waals surface area contributed by atoms with Gasteiger partial charge in [0.25, 0.3) is 5.91 Å². The zero-order valence-corrected chi connectivity index (χ0v) is 6.60. The third kappa shape index (κ3) is 1.05. The van der Waals surface area contributed by atoms with Crippen molar-refractivity contribution in [1.82, 2.24) is 9.80 Å².